The van der Waals surface area contributed by atoms with Gasteiger partial charge in [-0.15, -0.1) is 11.3 Å². The number of benzene rings is 1. The Labute approximate surface area is 158 Å². The van der Waals surface area contributed by atoms with Gasteiger partial charge in [0.1, 0.15) is 0 Å². The van der Waals surface area contributed by atoms with E-state index >= 15 is 0 Å². The summed E-state index contributed by atoms with van der Waals surface area (Å²) in [5.74, 6) is 1.91. The fraction of sp³-hybridized carbons (Fsp3) is 0.421. The minimum Gasteiger partial charge on any atom is -0.493 e. The third-order valence-electron chi connectivity index (χ3n) is 3.95. The van der Waals surface area contributed by atoms with Crippen LogP contribution in [0.25, 0.3) is 0 Å². The maximum Gasteiger partial charge on any atom is 0.191 e. The van der Waals surface area contributed by atoms with Gasteiger partial charge >= 0.3 is 0 Å². The van der Waals surface area contributed by atoms with Crippen LogP contribution in [-0.2, 0) is 6.54 Å². The molecular weight excluding hydrogens is 350 g/mol. The van der Waals surface area contributed by atoms with Crippen LogP contribution in [0.3, 0.4) is 0 Å². The number of rotatable bonds is 8. The van der Waals surface area contributed by atoms with E-state index < -0.39 is 6.10 Å². The number of nitrogens with zero attached hydrogens (tertiary/aromatic N) is 1. The lowest BCUT2D eigenvalue weighted by molar-refractivity contribution is 0.180. The highest BCUT2D eigenvalue weighted by Gasteiger charge is 2.12. The third kappa shape index (κ3) is 5.37. The summed E-state index contributed by atoms with van der Waals surface area (Å²) < 4.78 is 10.5. The zero-order valence-electron chi connectivity index (χ0n) is 15.7. The fourth-order valence-corrected chi connectivity index (χ4v) is 3.26. The van der Waals surface area contributed by atoms with Crippen molar-refractivity contribution in [2.45, 2.75) is 26.5 Å². The second-order valence-corrected chi connectivity index (χ2v) is 6.73. The summed E-state index contributed by atoms with van der Waals surface area (Å²) in [6.45, 7) is 5.80. The minimum atomic E-state index is -0.692. The van der Waals surface area contributed by atoms with E-state index in [9.17, 15) is 5.11 Å². The molecule has 0 spiro atoms. The quantitative estimate of drug-likeness (QED) is 0.487. The van der Waals surface area contributed by atoms with Crippen molar-refractivity contribution in [2.24, 2.45) is 4.99 Å². The van der Waals surface area contributed by atoms with Crippen molar-refractivity contribution in [3.05, 3.63) is 45.6 Å². The average molecular weight is 378 g/mol. The smallest absolute Gasteiger partial charge is 0.191 e. The van der Waals surface area contributed by atoms with Gasteiger partial charge in [-0.25, -0.2) is 4.99 Å². The number of aryl methyl sites for hydroxylation is 1. The summed E-state index contributed by atoms with van der Waals surface area (Å²) >= 11 is 1.70. The van der Waals surface area contributed by atoms with Gasteiger partial charge in [0.15, 0.2) is 17.5 Å². The molecule has 142 valence electrons. The number of hydrogen-bond acceptors (Lipinski definition) is 5. The number of aliphatic hydroxyl groups excluding tert-OH is 1. The van der Waals surface area contributed by atoms with Crippen molar-refractivity contribution in [1.82, 2.24) is 10.6 Å². The topological polar surface area (TPSA) is 75.1 Å². The maximum atomic E-state index is 10.5. The van der Waals surface area contributed by atoms with Gasteiger partial charge < -0.3 is 25.2 Å². The Morgan fingerprint density at radius 3 is 2.58 bits per heavy atom. The van der Waals surface area contributed by atoms with Crippen LogP contribution in [0.4, 0.5) is 0 Å². The molecule has 26 heavy (non-hydrogen) atoms. The predicted octanol–water partition coefficient (Wildman–Crippen LogP) is 2.86. The molecule has 6 nitrogen and oxygen atoms in total. The summed E-state index contributed by atoms with van der Waals surface area (Å²) in [7, 11) is 3.17. The number of thiophene rings is 1. The Bertz CT molecular complexity index is 731. The number of nitrogens with one attached hydrogen (secondary N) is 2. The Morgan fingerprint density at radius 2 is 1.96 bits per heavy atom. The van der Waals surface area contributed by atoms with Crippen molar-refractivity contribution in [1.29, 1.82) is 0 Å². The lowest BCUT2D eigenvalue weighted by Gasteiger charge is -2.17. The van der Waals surface area contributed by atoms with E-state index in [4.69, 9.17) is 9.47 Å². The van der Waals surface area contributed by atoms with Gasteiger partial charge in [-0.05, 0) is 48.6 Å². The van der Waals surface area contributed by atoms with E-state index in [1.54, 1.807) is 37.7 Å². The number of ether oxygens (including phenoxy) is 2. The third-order valence-corrected chi connectivity index (χ3v) is 4.96. The second-order valence-electron chi connectivity index (χ2n) is 5.73. The van der Waals surface area contributed by atoms with Crippen LogP contribution < -0.4 is 20.1 Å². The highest BCUT2D eigenvalue weighted by Crippen LogP contribution is 2.29. The molecular formula is C19H27N3O3S. The first-order valence-electron chi connectivity index (χ1n) is 8.54. The minimum absolute atomic E-state index is 0.338. The van der Waals surface area contributed by atoms with Gasteiger partial charge in [-0.2, -0.15) is 0 Å². The van der Waals surface area contributed by atoms with E-state index in [-0.39, 0.29) is 0 Å². The van der Waals surface area contributed by atoms with Crippen molar-refractivity contribution < 1.29 is 14.6 Å². The number of methoxy groups -OCH3 is 2. The second kappa shape index (κ2) is 10.0. The molecule has 1 aromatic carbocycles. The molecule has 0 aliphatic rings. The highest BCUT2D eigenvalue weighted by molar-refractivity contribution is 7.10. The number of hydrogen-bond donors (Lipinski definition) is 3. The van der Waals surface area contributed by atoms with Gasteiger partial charge in [0, 0.05) is 18.0 Å². The summed E-state index contributed by atoms with van der Waals surface area (Å²) in [6, 6.07) is 7.49. The first-order valence-corrected chi connectivity index (χ1v) is 9.42. The molecule has 0 radical (unpaired) electrons. The zero-order valence-corrected chi connectivity index (χ0v) is 16.5. The van der Waals surface area contributed by atoms with E-state index in [2.05, 4.69) is 34.0 Å². The molecule has 2 aromatic rings. The van der Waals surface area contributed by atoms with Crippen LogP contribution in [0.15, 0.2) is 34.6 Å². The molecule has 7 heteroatoms. The number of aliphatic imine (C=N–C) groups is 1. The summed E-state index contributed by atoms with van der Waals surface area (Å²) in [5.41, 5.74) is 2.00. The van der Waals surface area contributed by atoms with Crippen LogP contribution in [0, 0.1) is 6.92 Å². The Balaban J connectivity index is 2.00. The molecule has 0 aliphatic carbocycles. The molecule has 0 saturated carbocycles. The predicted molar refractivity (Wildman–Crippen MR) is 106 cm³/mol. The molecule has 2 rings (SSSR count). The molecule has 0 amide bonds. The van der Waals surface area contributed by atoms with Gasteiger partial charge in [0.05, 0.1) is 26.9 Å². The van der Waals surface area contributed by atoms with Crippen LogP contribution in [0.1, 0.15) is 29.0 Å². The molecule has 3 N–H and O–H groups in total. The van der Waals surface area contributed by atoms with Crippen molar-refractivity contribution in [3.8, 4) is 11.5 Å². The molecule has 0 saturated heterocycles. The Hall–Kier alpha value is -2.25. The van der Waals surface area contributed by atoms with E-state index in [1.165, 1.54) is 10.4 Å². The molecule has 1 heterocycles. The van der Waals surface area contributed by atoms with Crippen LogP contribution in [-0.4, -0.2) is 38.4 Å². The summed E-state index contributed by atoms with van der Waals surface area (Å²) in [6.07, 6.45) is -0.692. The lowest BCUT2D eigenvalue weighted by atomic mass is 10.1. The summed E-state index contributed by atoms with van der Waals surface area (Å²) in [4.78, 5) is 5.83. The molecule has 1 atom stereocenters. The number of guanidine groups is 1. The fourth-order valence-electron chi connectivity index (χ4n) is 2.43. The van der Waals surface area contributed by atoms with Crippen molar-refractivity contribution >= 4 is 17.3 Å². The molecule has 1 aromatic heterocycles. The van der Waals surface area contributed by atoms with Gasteiger partial charge in [-0.1, -0.05) is 6.07 Å². The van der Waals surface area contributed by atoms with E-state index in [0.29, 0.717) is 30.5 Å². The van der Waals surface area contributed by atoms with E-state index in [1.807, 2.05) is 13.0 Å². The van der Waals surface area contributed by atoms with Crippen LogP contribution in [0.2, 0.25) is 0 Å². The highest BCUT2D eigenvalue weighted by atomic mass is 32.1. The lowest BCUT2D eigenvalue weighted by Crippen LogP contribution is -2.39. The monoisotopic (exact) mass is 377 g/mol. The molecule has 0 fully saturated rings. The van der Waals surface area contributed by atoms with Gasteiger partial charge in [0.2, 0.25) is 0 Å². The molecule has 1 unspecified atom stereocenters. The van der Waals surface area contributed by atoms with Gasteiger partial charge in [-0.3, -0.25) is 0 Å². The first kappa shape index (κ1) is 20.1. The van der Waals surface area contributed by atoms with Crippen molar-refractivity contribution in [2.75, 3.05) is 27.3 Å². The van der Waals surface area contributed by atoms with Gasteiger partial charge in [0.25, 0.3) is 0 Å². The normalized spacial score (nSPS) is 12.6. The maximum absolute atomic E-state index is 10.5. The zero-order chi connectivity index (χ0) is 18.9. The number of aliphatic hydroxyl groups is 1. The van der Waals surface area contributed by atoms with Crippen LogP contribution >= 0.6 is 11.3 Å². The Morgan fingerprint density at radius 1 is 1.19 bits per heavy atom. The molecule has 0 aliphatic heterocycles. The summed E-state index contributed by atoms with van der Waals surface area (Å²) in [5, 5.41) is 18.9. The molecule has 0 bridgehead atoms. The Kier molecular flexibility index (Phi) is 7.74. The largest absolute Gasteiger partial charge is 0.493 e. The van der Waals surface area contributed by atoms with E-state index in [0.717, 1.165) is 12.1 Å². The van der Waals surface area contributed by atoms with Crippen LogP contribution in [0.5, 0.6) is 11.5 Å². The van der Waals surface area contributed by atoms with Crippen molar-refractivity contribution in [3.63, 3.8) is 0 Å². The standard InChI is InChI=1S/C19H27N3O3S/c1-5-20-19(22-12-18-13(2)8-9-26-18)21-11-15(23)14-6-7-16(24-3)17(10-14)25-4/h6-10,15,23H,5,11-12H2,1-4H3,(H2,20,21,22). The SMILES string of the molecule is CCNC(=NCc1sccc1C)NCC(O)c1ccc(OC)c(OC)c1. The first-order chi connectivity index (χ1) is 12.6. The average Bonchev–Trinajstić information content (AvgIpc) is 3.07.